The Labute approximate surface area is 203 Å². The maximum Gasteiger partial charge on any atom is 0.254 e. The highest BCUT2D eigenvalue weighted by Crippen LogP contribution is 2.37. The van der Waals surface area contributed by atoms with Crippen molar-refractivity contribution in [3.8, 4) is 11.3 Å². The third kappa shape index (κ3) is 4.75. The lowest BCUT2D eigenvalue weighted by atomic mass is 10.0. The minimum Gasteiger partial charge on any atom is -0.357 e. The molecule has 0 bridgehead atoms. The van der Waals surface area contributed by atoms with Gasteiger partial charge in [-0.1, -0.05) is 66.9 Å². The molecular weight excluding hydrogens is 450 g/mol. The van der Waals surface area contributed by atoms with Crippen molar-refractivity contribution in [3.05, 3.63) is 76.4 Å². The van der Waals surface area contributed by atoms with E-state index in [-0.39, 0.29) is 24.4 Å². The number of carbonyl (C=O) groups excluding carboxylic acids is 2. The molecule has 7 nitrogen and oxygen atoms in total. The van der Waals surface area contributed by atoms with Gasteiger partial charge < -0.3 is 15.5 Å². The maximum absolute atomic E-state index is 13.1. The SMILES string of the molecule is CNc1ncc(Cl)c(-c2ccc3c(c2)C(=O)N(CC(=O)N[C@H](CC2CC2)c2ccccc2)C3)n1. The lowest BCUT2D eigenvalue weighted by molar-refractivity contribution is -0.122. The van der Waals surface area contributed by atoms with Gasteiger partial charge in [0.1, 0.15) is 6.54 Å². The van der Waals surface area contributed by atoms with Gasteiger partial charge in [-0.25, -0.2) is 9.97 Å². The minimum absolute atomic E-state index is 0.0228. The molecule has 34 heavy (non-hydrogen) atoms. The second kappa shape index (κ2) is 9.43. The highest BCUT2D eigenvalue weighted by molar-refractivity contribution is 6.33. The molecule has 174 valence electrons. The van der Waals surface area contributed by atoms with Gasteiger partial charge in [-0.3, -0.25) is 9.59 Å². The molecule has 1 fully saturated rings. The van der Waals surface area contributed by atoms with Gasteiger partial charge in [-0.2, -0.15) is 0 Å². The molecule has 1 aliphatic carbocycles. The largest absolute Gasteiger partial charge is 0.357 e. The van der Waals surface area contributed by atoms with E-state index < -0.39 is 0 Å². The summed E-state index contributed by atoms with van der Waals surface area (Å²) < 4.78 is 0. The van der Waals surface area contributed by atoms with Crippen molar-refractivity contribution in [2.24, 2.45) is 5.92 Å². The molecule has 3 aromatic rings. The van der Waals surface area contributed by atoms with Gasteiger partial charge in [0, 0.05) is 24.7 Å². The lowest BCUT2D eigenvalue weighted by Gasteiger charge is -2.21. The van der Waals surface area contributed by atoms with Crippen LogP contribution < -0.4 is 10.6 Å². The number of fused-ring (bicyclic) bond motifs is 1. The summed E-state index contributed by atoms with van der Waals surface area (Å²) in [4.78, 5) is 36.2. The molecule has 2 aliphatic rings. The van der Waals surface area contributed by atoms with Crippen LogP contribution in [0.25, 0.3) is 11.3 Å². The van der Waals surface area contributed by atoms with Crippen LogP contribution in [0.4, 0.5) is 5.95 Å². The number of hydrogen-bond acceptors (Lipinski definition) is 5. The molecular formula is C26H26ClN5O2. The van der Waals surface area contributed by atoms with E-state index in [9.17, 15) is 9.59 Å². The predicted octanol–water partition coefficient (Wildman–Crippen LogP) is 4.45. The number of carbonyl (C=O) groups is 2. The van der Waals surface area contributed by atoms with Gasteiger partial charge >= 0.3 is 0 Å². The zero-order valence-electron chi connectivity index (χ0n) is 18.9. The highest BCUT2D eigenvalue weighted by atomic mass is 35.5. The molecule has 1 saturated carbocycles. The number of anilines is 1. The quantitative estimate of drug-likeness (QED) is 0.502. The zero-order valence-corrected chi connectivity index (χ0v) is 19.7. The number of nitrogens with one attached hydrogen (secondary N) is 2. The number of hydrogen-bond donors (Lipinski definition) is 2. The molecule has 2 heterocycles. The molecule has 1 aliphatic heterocycles. The summed E-state index contributed by atoms with van der Waals surface area (Å²) >= 11 is 6.31. The van der Waals surface area contributed by atoms with E-state index >= 15 is 0 Å². The Balaban J connectivity index is 1.29. The standard InChI is InChI=1S/C26H26ClN5O2/c1-28-26-29-13-21(27)24(31-26)18-9-10-19-14-32(25(34)20(19)12-18)15-23(33)30-22(11-16-7-8-16)17-5-3-2-4-6-17/h2-6,9-10,12-13,16,22H,7-8,11,14-15H2,1H3,(H,30,33)(H,28,29,31)/t22-/m1/s1. The Morgan fingerprint density at radius 3 is 2.74 bits per heavy atom. The predicted molar refractivity (Wildman–Crippen MR) is 131 cm³/mol. The number of amides is 2. The van der Waals surface area contributed by atoms with Crippen LogP contribution in [0.3, 0.4) is 0 Å². The zero-order chi connectivity index (χ0) is 23.7. The topological polar surface area (TPSA) is 87.2 Å². The van der Waals surface area contributed by atoms with Crippen molar-refractivity contribution >= 4 is 29.4 Å². The van der Waals surface area contributed by atoms with Crippen LogP contribution >= 0.6 is 11.6 Å². The van der Waals surface area contributed by atoms with Crippen LogP contribution in [0.5, 0.6) is 0 Å². The van der Waals surface area contributed by atoms with Crippen LogP contribution in [-0.4, -0.2) is 40.3 Å². The van der Waals surface area contributed by atoms with Crippen molar-refractivity contribution in [2.75, 3.05) is 18.9 Å². The first kappa shape index (κ1) is 22.3. The van der Waals surface area contributed by atoms with Gasteiger partial charge in [-0.05, 0) is 29.5 Å². The first-order valence-electron chi connectivity index (χ1n) is 11.5. The summed E-state index contributed by atoms with van der Waals surface area (Å²) in [5.41, 5.74) is 3.85. The first-order valence-corrected chi connectivity index (χ1v) is 11.9. The number of benzene rings is 2. The van der Waals surface area contributed by atoms with Gasteiger partial charge in [0.25, 0.3) is 5.91 Å². The van der Waals surface area contributed by atoms with Gasteiger partial charge in [-0.15, -0.1) is 0 Å². The monoisotopic (exact) mass is 475 g/mol. The van der Waals surface area contributed by atoms with Crippen molar-refractivity contribution in [1.29, 1.82) is 0 Å². The normalized spacial score (nSPS) is 15.7. The van der Waals surface area contributed by atoms with Crippen LogP contribution in [0.1, 0.15) is 46.8 Å². The summed E-state index contributed by atoms with van der Waals surface area (Å²) in [6, 6.07) is 15.6. The second-order valence-electron chi connectivity index (χ2n) is 8.88. The van der Waals surface area contributed by atoms with Crippen molar-refractivity contribution < 1.29 is 9.59 Å². The third-order valence-corrected chi connectivity index (χ3v) is 6.64. The fourth-order valence-corrected chi connectivity index (χ4v) is 4.59. The summed E-state index contributed by atoms with van der Waals surface area (Å²) in [6.45, 7) is 0.425. The Hall–Kier alpha value is -3.45. The van der Waals surface area contributed by atoms with Gasteiger partial charge in [0.15, 0.2) is 0 Å². The summed E-state index contributed by atoms with van der Waals surface area (Å²) in [6.07, 6.45) is 4.90. The number of aromatic nitrogens is 2. The van der Waals surface area contributed by atoms with Gasteiger partial charge in [0.2, 0.25) is 11.9 Å². The number of halogens is 1. The van der Waals surface area contributed by atoms with Crippen molar-refractivity contribution in [2.45, 2.75) is 31.8 Å². The summed E-state index contributed by atoms with van der Waals surface area (Å²) in [5.74, 6) is 0.806. The van der Waals surface area contributed by atoms with E-state index in [1.54, 1.807) is 18.0 Å². The molecule has 2 aromatic carbocycles. The fraction of sp³-hybridized carbons (Fsp3) is 0.308. The average Bonchev–Trinajstić information content (AvgIpc) is 3.62. The van der Waals surface area contributed by atoms with Crippen molar-refractivity contribution in [3.63, 3.8) is 0 Å². The number of nitrogens with zero attached hydrogens (tertiary/aromatic N) is 3. The molecule has 0 spiro atoms. The Morgan fingerprint density at radius 1 is 1.21 bits per heavy atom. The van der Waals surface area contributed by atoms with Crippen LogP contribution in [0, 0.1) is 5.92 Å². The minimum atomic E-state index is -0.163. The third-order valence-electron chi connectivity index (χ3n) is 6.37. The molecule has 0 saturated heterocycles. The van der Waals surface area contributed by atoms with Crippen molar-refractivity contribution in [1.82, 2.24) is 20.2 Å². The maximum atomic E-state index is 13.1. The van der Waals surface area contributed by atoms with Crippen LogP contribution in [0.15, 0.2) is 54.7 Å². The molecule has 2 N–H and O–H groups in total. The molecule has 5 rings (SSSR count). The molecule has 2 amide bonds. The Bertz CT molecular complexity index is 1230. The smallest absolute Gasteiger partial charge is 0.254 e. The number of rotatable bonds is 8. The summed E-state index contributed by atoms with van der Waals surface area (Å²) in [5, 5.41) is 6.46. The Kier molecular flexibility index (Phi) is 6.20. The van der Waals surface area contributed by atoms with E-state index in [4.69, 9.17) is 11.6 Å². The molecule has 1 atom stereocenters. The first-order chi connectivity index (χ1) is 16.5. The van der Waals surface area contributed by atoms with E-state index in [0.29, 0.717) is 34.7 Å². The molecule has 8 heteroatoms. The average molecular weight is 476 g/mol. The van der Waals surface area contributed by atoms with E-state index in [2.05, 4.69) is 20.6 Å². The second-order valence-corrected chi connectivity index (χ2v) is 9.29. The molecule has 1 aromatic heterocycles. The van der Waals surface area contributed by atoms with E-state index in [0.717, 1.165) is 23.1 Å². The van der Waals surface area contributed by atoms with Crippen LogP contribution in [0.2, 0.25) is 5.02 Å². The summed E-state index contributed by atoms with van der Waals surface area (Å²) in [7, 11) is 1.73. The highest BCUT2D eigenvalue weighted by Gasteiger charge is 2.31. The lowest BCUT2D eigenvalue weighted by Crippen LogP contribution is -2.39. The fourth-order valence-electron chi connectivity index (χ4n) is 4.39. The van der Waals surface area contributed by atoms with E-state index in [1.807, 2.05) is 42.5 Å². The van der Waals surface area contributed by atoms with Crippen LogP contribution in [-0.2, 0) is 11.3 Å². The van der Waals surface area contributed by atoms with Gasteiger partial charge in [0.05, 0.1) is 23.0 Å². The Morgan fingerprint density at radius 2 is 2.00 bits per heavy atom. The van der Waals surface area contributed by atoms with E-state index in [1.165, 1.54) is 19.0 Å². The molecule has 0 unspecified atom stereocenters. The molecule has 0 radical (unpaired) electrons.